The Balaban J connectivity index is 2.12. The maximum absolute atomic E-state index is 13.1. The summed E-state index contributed by atoms with van der Waals surface area (Å²) < 4.78 is 1.89. The molecule has 5 nitrogen and oxygen atoms in total. The van der Waals surface area contributed by atoms with Crippen LogP contribution in [-0.4, -0.2) is 40.1 Å². The smallest absolute Gasteiger partial charge is 0.261 e. The molecule has 1 fully saturated rings. The number of hydrogen-bond donors (Lipinski definition) is 1. The maximum Gasteiger partial charge on any atom is 0.261 e. The number of hydrogen-bond acceptors (Lipinski definition) is 4. The second-order valence-electron chi connectivity index (χ2n) is 7.55. The normalized spacial score (nSPS) is 20.2. The van der Waals surface area contributed by atoms with Crippen molar-refractivity contribution in [2.24, 2.45) is 0 Å². The average molecular weight is 357 g/mol. The second-order valence-corrected chi connectivity index (χ2v) is 7.55. The van der Waals surface area contributed by atoms with Gasteiger partial charge in [0.1, 0.15) is 5.82 Å². The van der Waals surface area contributed by atoms with Crippen molar-refractivity contribution >= 4 is 10.9 Å². The molecule has 26 heavy (non-hydrogen) atoms. The molecular weight excluding hydrogens is 324 g/mol. The summed E-state index contributed by atoms with van der Waals surface area (Å²) in [6.07, 6.45) is 3.23. The molecule has 0 radical (unpaired) electrons. The molecule has 1 aromatic carbocycles. The SMILES string of the molecule is CCC[C@@H](c1nc2ccc(C)cc2c(=O)n1CC)N1CCCN[C@H](C)C1. The minimum absolute atomic E-state index is 0.0956. The molecule has 0 saturated carbocycles. The van der Waals surface area contributed by atoms with Crippen molar-refractivity contribution in [3.8, 4) is 0 Å². The van der Waals surface area contributed by atoms with Crippen molar-refractivity contribution < 1.29 is 0 Å². The molecule has 2 aromatic rings. The Bertz CT molecular complexity index is 813. The van der Waals surface area contributed by atoms with E-state index >= 15 is 0 Å². The standard InChI is InChI=1S/C21H32N4O/c1-5-8-19(24-12-7-11-22-16(4)14-24)20-23-18-10-9-15(3)13-17(18)21(26)25(20)6-2/h9-10,13,16,19,22H,5-8,11-12,14H2,1-4H3/t16-,19+/m1/s1. The largest absolute Gasteiger partial charge is 0.313 e. The van der Waals surface area contributed by atoms with E-state index in [0.717, 1.165) is 61.2 Å². The lowest BCUT2D eigenvalue weighted by atomic mass is 10.1. The van der Waals surface area contributed by atoms with Gasteiger partial charge in [-0.05, 0) is 52.3 Å². The number of nitrogens with zero attached hydrogens (tertiary/aromatic N) is 3. The first-order valence-electron chi connectivity index (χ1n) is 10.0. The van der Waals surface area contributed by atoms with Crippen molar-refractivity contribution in [1.82, 2.24) is 19.8 Å². The van der Waals surface area contributed by atoms with Crippen LogP contribution in [0, 0.1) is 6.92 Å². The molecule has 1 saturated heterocycles. The predicted molar refractivity (Wildman–Crippen MR) is 108 cm³/mol. The van der Waals surface area contributed by atoms with Crippen LogP contribution in [-0.2, 0) is 6.54 Å². The molecular formula is C21H32N4O. The fraction of sp³-hybridized carbons (Fsp3) is 0.619. The van der Waals surface area contributed by atoms with Gasteiger partial charge in [0.2, 0.25) is 0 Å². The summed E-state index contributed by atoms with van der Waals surface area (Å²) >= 11 is 0. The maximum atomic E-state index is 13.1. The third kappa shape index (κ3) is 3.84. The first kappa shape index (κ1) is 19.1. The molecule has 2 atom stereocenters. The van der Waals surface area contributed by atoms with Gasteiger partial charge in [-0.2, -0.15) is 0 Å². The van der Waals surface area contributed by atoms with Gasteiger partial charge in [0, 0.05) is 25.7 Å². The summed E-state index contributed by atoms with van der Waals surface area (Å²) in [6.45, 7) is 12.3. The van der Waals surface area contributed by atoms with Crippen molar-refractivity contribution in [1.29, 1.82) is 0 Å². The van der Waals surface area contributed by atoms with Gasteiger partial charge >= 0.3 is 0 Å². The second kappa shape index (κ2) is 8.31. The summed E-state index contributed by atoms with van der Waals surface area (Å²) in [5, 5.41) is 4.30. The Morgan fingerprint density at radius 3 is 2.88 bits per heavy atom. The highest BCUT2D eigenvalue weighted by molar-refractivity contribution is 5.78. The Morgan fingerprint density at radius 1 is 1.35 bits per heavy atom. The molecule has 0 aliphatic carbocycles. The summed E-state index contributed by atoms with van der Waals surface area (Å²) in [7, 11) is 0. The van der Waals surface area contributed by atoms with E-state index in [-0.39, 0.29) is 11.6 Å². The molecule has 1 aromatic heterocycles. The van der Waals surface area contributed by atoms with Crippen molar-refractivity contribution in [2.45, 2.75) is 65.6 Å². The van der Waals surface area contributed by atoms with Crippen LogP contribution in [0.15, 0.2) is 23.0 Å². The van der Waals surface area contributed by atoms with Gasteiger partial charge in [-0.25, -0.2) is 4.98 Å². The molecule has 0 amide bonds. The Labute approximate surface area is 156 Å². The van der Waals surface area contributed by atoms with Crippen LogP contribution < -0.4 is 10.9 Å². The lowest BCUT2D eigenvalue weighted by molar-refractivity contribution is 0.174. The number of nitrogens with one attached hydrogen (secondary N) is 1. The van der Waals surface area contributed by atoms with E-state index in [1.54, 1.807) is 0 Å². The van der Waals surface area contributed by atoms with Gasteiger partial charge in [0.15, 0.2) is 0 Å². The molecule has 0 spiro atoms. The lowest BCUT2D eigenvalue weighted by Crippen LogP contribution is -2.40. The molecule has 1 N–H and O–H groups in total. The minimum Gasteiger partial charge on any atom is -0.313 e. The van der Waals surface area contributed by atoms with E-state index in [1.807, 2.05) is 36.6 Å². The molecule has 142 valence electrons. The van der Waals surface area contributed by atoms with Crippen LogP contribution in [0.4, 0.5) is 0 Å². The van der Waals surface area contributed by atoms with Gasteiger partial charge in [-0.15, -0.1) is 0 Å². The summed E-state index contributed by atoms with van der Waals surface area (Å²) in [4.78, 5) is 20.7. The van der Waals surface area contributed by atoms with Crippen LogP contribution in [0.25, 0.3) is 10.9 Å². The monoisotopic (exact) mass is 356 g/mol. The number of rotatable bonds is 5. The van der Waals surface area contributed by atoms with E-state index in [4.69, 9.17) is 4.98 Å². The quantitative estimate of drug-likeness (QED) is 0.893. The van der Waals surface area contributed by atoms with Gasteiger partial charge in [0.05, 0.1) is 16.9 Å². The molecule has 1 aliphatic heterocycles. The number of benzene rings is 1. The van der Waals surface area contributed by atoms with E-state index in [9.17, 15) is 4.79 Å². The summed E-state index contributed by atoms with van der Waals surface area (Å²) in [5.41, 5.74) is 2.02. The van der Waals surface area contributed by atoms with Crippen molar-refractivity contribution in [2.75, 3.05) is 19.6 Å². The van der Waals surface area contributed by atoms with Crippen molar-refractivity contribution in [3.63, 3.8) is 0 Å². The fourth-order valence-corrected chi connectivity index (χ4v) is 4.08. The van der Waals surface area contributed by atoms with Gasteiger partial charge in [0.25, 0.3) is 5.56 Å². The number of fused-ring (bicyclic) bond motifs is 1. The van der Waals surface area contributed by atoms with Crippen LogP contribution in [0.2, 0.25) is 0 Å². The minimum atomic E-state index is 0.0956. The predicted octanol–water partition coefficient (Wildman–Crippen LogP) is 3.25. The zero-order valence-electron chi connectivity index (χ0n) is 16.6. The number of aromatic nitrogens is 2. The van der Waals surface area contributed by atoms with Crippen LogP contribution in [0.1, 0.15) is 57.5 Å². The summed E-state index contributed by atoms with van der Waals surface area (Å²) in [5.74, 6) is 0.935. The number of aryl methyl sites for hydroxylation is 1. The molecule has 2 heterocycles. The Hall–Kier alpha value is -1.72. The highest BCUT2D eigenvalue weighted by Crippen LogP contribution is 2.26. The molecule has 0 unspecified atom stereocenters. The van der Waals surface area contributed by atoms with E-state index in [2.05, 4.69) is 24.1 Å². The van der Waals surface area contributed by atoms with Crippen LogP contribution in [0.3, 0.4) is 0 Å². The van der Waals surface area contributed by atoms with Crippen LogP contribution >= 0.6 is 0 Å². The zero-order valence-corrected chi connectivity index (χ0v) is 16.6. The average Bonchev–Trinajstić information content (AvgIpc) is 2.84. The summed E-state index contributed by atoms with van der Waals surface area (Å²) in [6, 6.07) is 6.66. The highest BCUT2D eigenvalue weighted by atomic mass is 16.1. The van der Waals surface area contributed by atoms with Gasteiger partial charge in [-0.3, -0.25) is 14.3 Å². The highest BCUT2D eigenvalue weighted by Gasteiger charge is 2.27. The van der Waals surface area contributed by atoms with E-state index < -0.39 is 0 Å². The lowest BCUT2D eigenvalue weighted by Gasteiger charge is -2.32. The zero-order chi connectivity index (χ0) is 18.7. The first-order valence-corrected chi connectivity index (χ1v) is 10.0. The molecule has 3 rings (SSSR count). The van der Waals surface area contributed by atoms with Crippen molar-refractivity contribution in [3.05, 3.63) is 39.9 Å². The Morgan fingerprint density at radius 2 is 2.15 bits per heavy atom. The van der Waals surface area contributed by atoms with E-state index in [1.165, 1.54) is 0 Å². The van der Waals surface area contributed by atoms with Gasteiger partial charge < -0.3 is 5.32 Å². The van der Waals surface area contributed by atoms with Gasteiger partial charge in [-0.1, -0.05) is 25.0 Å². The van der Waals surface area contributed by atoms with Crippen LogP contribution in [0.5, 0.6) is 0 Å². The third-order valence-electron chi connectivity index (χ3n) is 5.38. The molecule has 0 bridgehead atoms. The topological polar surface area (TPSA) is 50.2 Å². The van der Waals surface area contributed by atoms with E-state index in [0.29, 0.717) is 12.6 Å². The third-order valence-corrected chi connectivity index (χ3v) is 5.38. The molecule has 5 heteroatoms. The fourth-order valence-electron chi connectivity index (χ4n) is 4.08. The Kier molecular flexibility index (Phi) is 6.09. The first-order chi connectivity index (χ1) is 12.5. The molecule has 1 aliphatic rings.